The molecule has 0 saturated carbocycles. The highest BCUT2D eigenvalue weighted by molar-refractivity contribution is 5.98. The number of rotatable bonds is 3. The van der Waals surface area contributed by atoms with E-state index in [1.54, 1.807) is 12.1 Å². The van der Waals surface area contributed by atoms with Crippen molar-refractivity contribution in [1.82, 2.24) is 4.98 Å². The number of carbonyl (C=O) groups is 1. The summed E-state index contributed by atoms with van der Waals surface area (Å²) in [5.74, 6) is -0.240. The zero-order valence-corrected chi connectivity index (χ0v) is 12.0. The van der Waals surface area contributed by atoms with Gasteiger partial charge in [-0.25, -0.2) is 4.79 Å². The van der Waals surface area contributed by atoms with Crippen molar-refractivity contribution in [3.8, 4) is 29.1 Å². The predicted octanol–water partition coefficient (Wildman–Crippen LogP) is 2.29. The van der Waals surface area contributed by atoms with E-state index in [0.29, 0.717) is 11.3 Å². The molecule has 22 heavy (non-hydrogen) atoms. The summed E-state index contributed by atoms with van der Waals surface area (Å²) in [5.41, 5.74) is 1.00. The lowest BCUT2D eigenvalue weighted by atomic mass is 9.96. The smallest absolute Gasteiger partial charge is 0.340 e. The van der Waals surface area contributed by atoms with Crippen LogP contribution in [0.15, 0.2) is 30.5 Å². The van der Waals surface area contributed by atoms with Crippen molar-refractivity contribution in [1.29, 1.82) is 10.5 Å². The van der Waals surface area contributed by atoms with Gasteiger partial charge in [-0.05, 0) is 24.3 Å². The van der Waals surface area contributed by atoms with Crippen LogP contribution in [0.1, 0.15) is 21.5 Å². The van der Waals surface area contributed by atoms with Crippen LogP contribution < -0.4 is 4.74 Å². The minimum atomic E-state index is -0.587. The minimum absolute atomic E-state index is 0.103. The van der Waals surface area contributed by atoms with Crippen molar-refractivity contribution in [2.75, 3.05) is 14.2 Å². The number of hydrogen-bond donors (Lipinski definition) is 0. The molecule has 0 aliphatic rings. The highest BCUT2D eigenvalue weighted by atomic mass is 16.5. The van der Waals surface area contributed by atoms with Crippen molar-refractivity contribution in [3.05, 3.63) is 47.2 Å². The van der Waals surface area contributed by atoms with Gasteiger partial charge in [0.25, 0.3) is 0 Å². The van der Waals surface area contributed by atoms with Gasteiger partial charge in [0.2, 0.25) is 0 Å². The molecule has 0 aliphatic heterocycles. The summed E-state index contributed by atoms with van der Waals surface area (Å²) >= 11 is 0. The molecular formula is C16H11N3O3. The number of pyridine rings is 1. The number of aromatic nitrogens is 1. The van der Waals surface area contributed by atoms with E-state index >= 15 is 0 Å². The van der Waals surface area contributed by atoms with Gasteiger partial charge in [0.05, 0.1) is 42.2 Å². The van der Waals surface area contributed by atoms with Gasteiger partial charge in [-0.15, -0.1) is 0 Å². The lowest BCUT2D eigenvalue weighted by Crippen LogP contribution is -2.06. The highest BCUT2D eigenvalue weighted by Gasteiger charge is 2.22. The first-order valence-electron chi connectivity index (χ1n) is 6.22. The van der Waals surface area contributed by atoms with E-state index in [-0.39, 0.29) is 22.4 Å². The van der Waals surface area contributed by atoms with Gasteiger partial charge in [0.1, 0.15) is 17.9 Å². The Kier molecular flexibility index (Phi) is 4.36. The molecule has 0 spiro atoms. The summed E-state index contributed by atoms with van der Waals surface area (Å²) in [5, 5.41) is 18.6. The van der Waals surface area contributed by atoms with Crippen LogP contribution in [0.3, 0.4) is 0 Å². The van der Waals surface area contributed by atoms with E-state index in [0.717, 1.165) is 0 Å². The third-order valence-corrected chi connectivity index (χ3v) is 3.07. The molecular weight excluding hydrogens is 282 g/mol. The lowest BCUT2D eigenvalue weighted by Gasteiger charge is -2.13. The van der Waals surface area contributed by atoms with E-state index in [1.165, 1.54) is 32.5 Å². The van der Waals surface area contributed by atoms with E-state index in [4.69, 9.17) is 14.7 Å². The Balaban J connectivity index is 2.87. The zero-order valence-electron chi connectivity index (χ0n) is 12.0. The molecule has 1 heterocycles. The number of nitrogens with zero attached hydrogens (tertiary/aromatic N) is 3. The number of ether oxygens (including phenoxy) is 2. The minimum Gasteiger partial charge on any atom is -0.496 e. The van der Waals surface area contributed by atoms with E-state index < -0.39 is 5.97 Å². The van der Waals surface area contributed by atoms with Gasteiger partial charge >= 0.3 is 5.97 Å². The van der Waals surface area contributed by atoms with Gasteiger partial charge in [-0.1, -0.05) is 0 Å². The van der Waals surface area contributed by atoms with Gasteiger partial charge in [-0.2, -0.15) is 10.5 Å². The summed E-state index contributed by atoms with van der Waals surface area (Å²) in [6, 6.07) is 10.1. The van der Waals surface area contributed by atoms with Crippen LogP contribution in [0.5, 0.6) is 5.75 Å². The van der Waals surface area contributed by atoms with Crippen LogP contribution in [0.25, 0.3) is 11.3 Å². The van der Waals surface area contributed by atoms with Crippen LogP contribution in [0.4, 0.5) is 0 Å². The highest BCUT2D eigenvalue weighted by Crippen LogP contribution is 2.35. The molecule has 0 N–H and O–H groups in total. The van der Waals surface area contributed by atoms with Gasteiger partial charge in [-0.3, -0.25) is 4.98 Å². The fourth-order valence-electron chi connectivity index (χ4n) is 2.08. The van der Waals surface area contributed by atoms with Gasteiger partial charge in [0, 0.05) is 6.20 Å². The normalized spacial score (nSPS) is 9.45. The number of nitriles is 2. The molecule has 0 amide bonds. The molecule has 0 aliphatic carbocycles. The summed E-state index contributed by atoms with van der Waals surface area (Å²) in [6.07, 6.45) is 1.49. The van der Waals surface area contributed by atoms with E-state index in [9.17, 15) is 10.1 Å². The summed E-state index contributed by atoms with van der Waals surface area (Å²) in [6.45, 7) is 0. The number of benzene rings is 1. The standard InChI is InChI=1S/C16H11N3O3/c1-21-13-6-5-10(8-17)12(9-18)14(13)15-11(16(20)22-2)4-3-7-19-15/h3-7H,1-2H3. The first-order chi connectivity index (χ1) is 10.7. The predicted molar refractivity (Wildman–Crippen MR) is 77.0 cm³/mol. The summed E-state index contributed by atoms with van der Waals surface area (Å²) in [7, 11) is 2.69. The Labute approximate surface area is 127 Å². The number of esters is 1. The first kappa shape index (κ1) is 15.0. The van der Waals surface area contributed by atoms with Crippen LogP contribution in [-0.4, -0.2) is 25.2 Å². The second-order valence-electron chi connectivity index (χ2n) is 4.18. The topological polar surface area (TPSA) is 96.0 Å². The maximum atomic E-state index is 11.9. The molecule has 6 heteroatoms. The molecule has 0 bridgehead atoms. The average molecular weight is 293 g/mol. The third-order valence-electron chi connectivity index (χ3n) is 3.07. The first-order valence-corrected chi connectivity index (χ1v) is 6.22. The second kappa shape index (κ2) is 6.38. The Morgan fingerprint density at radius 2 is 1.95 bits per heavy atom. The van der Waals surface area contributed by atoms with Gasteiger partial charge in [0.15, 0.2) is 0 Å². The van der Waals surface area contributed by atoms with Crippen molar-refractivity contribution < 1.29 is 14.3 Å². The maximum Gasteiger partial charge on any atom is 0.340 e. The molecule has 0 unspecified atom stereocenters. The molecule has 108 valence electrons. The average Bonchev–Trinajstić information content (AvgIpc) is 2.59. The zero-order chi connectivity index (χ0) is 16.1. The SMILES string of the molecule is COC(=O)c1cccnc1-c1c(OC)ccc(C#N)c1C#N. The van der Waals surface area contributed by atoms with Crippen LogP contribution in [-0.2, 0) is 4.74 Å². The monoisotopic (exact) mass is 293 g/mol. The van der Waals surface area contributed by atoms with Crippen molar-refractivity contribution in [2.45, 2.75) is 0 Å². The Morgan fingerprint density at radius 1 is 1.18 bits per heavy atom. The van der Waals surface area contributed by atoms with E-state index in [1.807, 2.05) is 12.1 Å². The Bertz CT molecular complexity index is 816. The molecule has 1 aromatic carbocycles. The van der Waals surface area contributed by atoms with Gasteiger partial charge < -0.3 is 9.47 Å². The Morgan fingerprint density at radius 3 is 2.55 bits per heavy atom. The third kappa shape index (κ3) is 2.46. The second-order valence-corrected chi connectivity index (χ2v) is 4.18. The lowest BCUT2D eigenvalue weighted by molar-refractivity contribution is 0.0601. The summed E-state index contributed by atoms with van der Waals surface area (Å²) in [4.78, 5) is 16.1. The van der Waals surface area contributed by atoms with Crippen LogP contribution in [0, 0.1) is 22.7 Å². The number of methoxy groups -OCH3 is 2. The molecule has 0 radical (unpaired) electrons. The molecule has 2 aromatic rings. The fourth-order valence-corrected chi connectivity index (χ4v) is 2.08. The van der Waals surface area contributed by atoms with Crippen LogP contribution >= 0.6 is 0 Å². The molecule has 2 rings (SSSR count). The van der Waals surface area contributed by atoms with Crippen molar-refractivity contribution >= 4 is 5.97 Å². The van der Waals surface area contributed by atoms with Crippen LogP contribution in [0.2, 0.25) is 0 Å². The molecule has 0 atom stereocenters. The largest absolute Gasteiger partial charge is 0.496 e. The fraction of sp³-hybridized carbons (Fsp3) is 0.125. The molecule has 1 aromatic heterocycles. The van der Waals surface area contributed by atoms with E-state index in [2.05, 4.69) is 4.98 Å². The Hall–Kier alpha value is -3.38. The quantitative estimate of drug-likeness (QED) is 0.805. The van der Waals surface area contributed by atoms with Crippen molar-refractivity contribution in [2.24, 2.45) is 0 Å². The van der Waals surface area contributed by atoms with Crippen molar-refractivity contribution in [3.63, 3.8) is 0 Å². The number of hydrogen-bond acceptors (Lipinski definition) is 6. The number of carbonyl (C=O) groups excluding carboxylic acids is 1. The molecule has 6 nitrogen and oxygen atoms in total. The summed E-state index contributed by atoms with van der Waals surface area (Å²) < 4.78 is 9.99. The molecule has 0 fully saturated rings. The molecule has 0 saturated heterocycles. The maximum absolute atomic E-state index is 11.9.